The third-order valence-corrected chi connectivity index (χ3v) is 3.85. The van der Waals surface area contributed by atoms with Crippen molar-refractivity contribution >= 4 is 23.1 Å². The molecule has 0 aliphatic carbocycles. The molecule has 1 aromatic heterocycles. The Labute approximate surface area is 163 Å². The Morgan fingerprint density at radius 3 is 2.68 bits per heavy atom. The van der Waals surface area contributed by atoms with Crippen molar-refractivity contribution in [3.8, 4) is 11.5 Å². The monoisotopic (exact) mass is 378 g/mol. The lowest BCUT2D eigenvalue weighted by Gasteiger charge is -2.12. The van der Waals surface area contributed by atoms with Crippen LogP contribution in [0.1, 0.15) is 23.2 Å². The maximum absolute atomic E-state index is 12.7. The molecule has 7 heteroatoms. The normalized spacial score (nSPS) is 10.2. The molecule has 0 radical (unpaired) electrons. The molecule has 0 unspecified atom stereocenters. The molecule has 0 fully saturated rings. The molecule has 0 bridgehead atoms. The van der Waals surface area contributed by atoms with Crippen LogP contribution < -0.4 is 20.1 Å². The van der Waals surface area contributed by atoms with Crippen molar-refractivity contribution < 1.29 is 14.3 Å². The van der Waals surface area contributed by atoms with Crippen LogP contribution in [0.4, 0.5) is 17.2 Å². The maximum atomic E-state index is 12.7. The van der Waals surface area contributed by atoms with Gasteiger partial charge in [0.25, 0.3) is 5.91 Å². The van der Waals surface area contributed by atoms with E-state index in [1.165, 1.54) is 0 Å². The second-order valence-corrected chi connectivity index (χ2v) is 5.93. The average Bonchev–Trinajstić information content (AvgIpc) is 2.69. The first-order valence-corrected chi connectivity index (χ1v) is 8.89. The van der Waals surface area contributed by atoms with Gasteiger partial charge >= 0.3 is 0 Å². The van der Waals surface area contributed by atoms with Crippen LogP contribution in [0, 0.1) is 6.92 Å². The molecule has 0 aliphatic rings. The highest BCUT2D eigenvalue weighted by atomic mass is 16.5. The van der Waals surface area contributed by atoms with Crippen molar-refractivity contribution in [1.82, 2.24) is 9.97 Å². The average molecular weight is 378 g/mol. The van der Waals surface area contributed by atoms with E-state index in [4.69, 9.17) is 9.47 Å². The number of aromatic nitrogens is 2. The molecule has 1 amide bonds. The number of para-hydroxylation sites is 2. The van der Waals surface area contributed by atoms with E-state index in [-0.39, 0.29) is 11.6 Å². The summed E-state index contributed by atoms with van der Waals surface area (Å²) in [7, 11) is 1.61. The molecule has 0 atom stereocenters. The number of ether oxygens (including phenoxy) is 2. The maximum Gasteiger partial charge on any atom is 0.274 e. The third kappa shape index (κ3) is 4.76. The van der Waals surface area contributed by atoms with Crippen molar-refractivity contribution in [3.63, 3.8) is 0 Å². The number of hydrogen-bond acceptors (Lipinski definition) is 6. The van der Waals surface area contributed by atoms with Crippen LogP contribution in [0.15, 0.2) is 54.6 Å². The fourth-order valence-corrected chi connectivity index (χ4v) is 2.63. The lowest BCUT2D eigenvalue weighted by molar-refractivity contribution is 0.102. The van der Waals surface area contributed by atoms with Gasteiger partial charge in [0, 0.05) is 17.8 Å². The van der Waals surface area contributed by atoms with Gasteiger partial charge in [0.05, 0.1) is 19.4 Å². The topological polar surface area (TPSA) is 85.4 Å². The van der Waals surface area contributed by atoms with Crippen LogP contribution in [0.2, 0.25) is 0 Å². The molecule has 2 aromatic carbocycles. The second-order valence-electron chi connectivity index (χ2n) is 5.93. The van der Waals surface area contributed by atoms with E-state index in [2.05, 4.69) is 20.6 Å². The van der Waals surface area contributed by atoms with Crippen molar-refractivity contribution in [3.05, 3.63) is 66.1 Å². The minimum Gasteiger partial charge on any atom is -0.497 e. The van der Waals surface area contributed by atoms with E-state index in [1.54, 1.807) is 32.2 Å². The van der Waals surface area contributed by atoms with E-state index in [0.29, 0.717) is 29.7 Å². The van der Waals surface area contributed by atoms with E-state index in [9.17, 15) is 4.79 Å². The molecular weight excluding hydrogens is 356 g/mol. The molecule has 0 spiro atoms. The zero-order valence-electron chi connectivity index (χ0n) is 16.0. The minimum atomic E-state index is -0.341. The van der Waals surface area contributed by atoms with Crippen LogP contribution in [0.3, 0.4) is 0 Å². The molecule has 7 nitrogen and oxygen atoms in total. The standard InChI is InChI=1S/C21H22N4O3/c1-4-28-19-11-6-5-10-17(19)25-21(26)18-13-20(23-14(2)22-18)24-15-8-7-9-16(12-15)27-3/h5-13H,4H2,1-3H3,(H,25,26)(H,22,23,24). The number of rotatable bonds is 7. The van der Waals surface area contributed by atoms with Crippen molar-refractivity contribution in [2.24, 2.45) is 0 Å². The highest BCUT2D eigenvalue weighted by Gasteiger charge is 2.13. The molecular formula is C21H22N4O3. The van der Waals surface area contributed by atoms with Gasteiger partial charge in [-0.05, 0) is 38.1 Å². The van der Waals surface area contributed by atoms with E-state index >= 15 is 0 Å². The zero-order chi connectivity index (χ0) is 19.9. The van der Waals surface area contributed by atoms with Gasteiger partial charge < -0.3 is 20.1 Å². The molecule has 0 saturated carbocycles. The van der Waals surface area contributed by atoms with Gasteiger partial charge in [0.1, 0.15) is 28.8 Å². The van der Waals surface area contributed by atoms with Crippen LogP contribution in [-0.2, 0) is 0 Å². The quantitative estimate of drug-likeness (QED) is 0.641. The summed E-state index contributed by atoms with van der Waals surface area (Å²) < 4.78 is 10.8. The fraction of sp³-hybridized carbons (Fsp3) is 0.190. The Morgan fingerprint density at radius 1 is 1.07 bits per heavy atom. The van der Waals surface area contributed by atoms with Gasteiger partial charge in [-0.3, -0.25) is 4.79 Å². The number of carbonyl (C=O) groups excluding carboxylic acids is 1. The number of aryl methyl sites for hydroxylation is 1. The van der Waals surface area contributed by atoms with E-state index in [0.717, 1.165) is 11.4 Å². The molecule has 144 valence electrons. The Kier molecular flexibility index (Phi) is 6.06. The smallest absolute Gasteiger partial charge is 0.274 e. The summed E-state index contributed by atoms with van der Waals surface area (Å²) in [6.45, 7) is 4.14. The zero-order valence-corrected chi connectivity index (χ0v) is 16.0. The molecule has 28 heavy (non-hydrogen) atoms. The minimum absolute atomic E-state index is 0.254. The lowest BCUT2D eigenvalue weighted by atomic mass is 10.2. The molecule has 3 aromatic rings. The van der Waals surface area contributed by atoms with Gasteiger partial charge in [-0.25, -0.2) is 9.97 Å². The highest BCUT2D eigenvalue weighted by Crippen LogP contribution is 2.25. The van der Waals surface area contributed by atoms with Gasteiger partial charge in [-0.15, -0.1) is 0 Å². The summed E-state index contributed by atoms with van der Waals surface area (Å²) in [4.78, 5) is 21.3. The molecule has 2 N–H and O–H groups in total. The summed E-state index contributed by atoms with van der Waals surface area (Å²) >= 11 is 0. The van der Waals surface area contributed by atoms with Crippen LogP contribution in [0.5, 0.6) is 11.5 Å². The fourth-order valence-electron chi connectivity index (χ4n) is 2.63. The summed E-state index contributed by atoms with van der Waals surface area (Å²) in [6, 6.07) is 16.3. The van der Waals surface area contributed by atoms with Crippen LogP contribution >= 0.6 is 0 Å². The predicted octanol–water partition coefficient (Wildman–Crippen LogP) is 4.19. The van der Waals surface area contributed by atoms with Crippen molar-refractivity contribution in [2.75, 3.05) is 24.4 Å². The molecule has 3 rings (SSSR count). The summed E-state index contributed by atoms with van der Waals surface area (Å²) in [6.07, 6.45) is 0. The summed E-state index contributed by atoms with van der Waals surface area (Å²) in [5.74, 6) is 1.99. The highest BCUT2D eigenvalue weighted by molar-refractivity contribution is 6.04. The van der Waals surface area contributed by atoms with E-state index < -0.39 is 0 Å². The Hall–Kier alpha value is -3.61. The van der Waals surface area contributed by atoms with Gasteiger partial charge in [-0.2, -0.15) is 0 Å². The number of benzene rings is 2. The van der Waals surface area contributed by atoms with Crippen molar-refractivity contribution in [2.45, 2.75) is 13.8 Å². The van der Waals surface area contributed by atoms with Crippen LogP contribution in [0.25, 0.3) is 0 Å². The number of nitrogens with one attached hydrogen (secondary N) is 2. The summed E-state index contributed by atoms with van der Waals surface area (Å²) in [5, 5.41) is 6.02. The predicted molar refractivity (Wildman–Crippen MR) is 109 cm³/mol. The van der Waals surface area contributed by atoms with Gasteiger partial charge in [0.15, 0.2) is 0 Å². The number of carbonyl (C=O) groups is 1. The van der Waals surface area contributed by atoms with Crippen molar-refractivity contribution in [1.29, 1.82) is 0 Å². The number of anilines is 3. The number of methoxy groups -OCH3 is 1. The number of amides is 1. The molecule has 0 aliphatic heterocycles. The second kappa shape index (κ2) is 8.85. The Morgan fingerprint density at radius 2 is 1.89 bits per heavy atom. The largest absolute Gasteiger partial charge is 0.497 e. The number of hydrogen-bond donors (Lipinski definition) is 2. The van der Waals surface area contributed by atoms with Crippen LogP contribution in [-0.4, -0.2) is 29.6 Å². The van der Waals surface area contributed by atoms with E-state index in [1.807, 2.05) is 43.3 Å². The Balaban J connectivity index is 1.81. The first-order chi connectivity index (χ1) is 13.6. The first kappa shape index (κ1) is 19.2. The SMILES string of the molecule is CCOc1ccccc1NC(=O)c1cc(Nc2cccc(OC)c2)nc(C)n1. The third-order valence-electron chi connectivity index (χ3n) is 3.85. The first-order valence-electron chi connectivity index (χ1n) is 8.89. The molecule has 1 heterocycles. The van der Waals surface area contributed by atoms with Gasteiger partial charge in [-0.1, -0.05) is 18.2 Å². The lowest BCUT2D eigenvalue weighted by Crippen LogP contribution is -2.16. The molecule has 0 saturated heterocycles. The Bertz CT molecular complexity index is 975. The summed E-state index contributed by atoms with van der Waals surface area (Å²) in [5.41, 5.74) is 1.64. The number of nitrogens with zero attached hydrogens (tertiary/aromatic N) is 2. The van der Waals surface area contributed by atoms with Gasteiger partial charge in [0.2, 0.25) is 0 Å².